The number of nitrogens with zero attached hydrogens (tertiary/aromatic N) is 4. The van der Waals surface area contributed by atoms with Gasteiger partial charge in [-0.15, -0.1) is 0 Å². The van der Waals surface area contributed by atoms with Gasteiger partial charge in [-0.2, -0.15) is 10.2 Å². The lowest BCUT2D eigenvalue weighted by atomic mass is 10.3. The van der Waals surface area contributed by atoms with Crippen molar-refractivity contribution in [2.75, 3.05) is 0 Å². The molecular weight excluding hydrogens is 426 g/mol. The Morgan fingerprint density at radius 3 is 2.57 bits per heavy atom. The molecule has 0 aromatic carbocycles. The summed E-state index contributed by atoms with van der Waals surface area (Å²) >= 11 is 13.4. The van der Waals surface area contributed by atoms with Crippen molar-refractivity contribution in [1.82, 2.24) is 30.4 Å². The first kappa shape index (κ1) is 14.5. The average molecular weight is 433 g/mol. The van der Waals surface area contributed by atoms with Gasteiger partial charge < -0.3 is 0 Å². The molecule has 0 aliphatic carbocycles. The van der Waals surface area contributed by atoms with Crippen LogP contribution in [-0.4, -0.2) is 30.4 Å². The van der Waals surface area contributed by atoms with E-state index < -0.39 is 0 Å². The summed E-state index contributed by atoms with van der Waals surface area (Å²) in [7, 11) is 0. The molecule has 0 saturated heterocycles. The molecule has 4 aromatic heterocycles. The molecule has 4 rings (SSSR count). The summed E-state index contributed by atoms with van der Waals surface area (Å²) < 4.78 is 0.988. The molecule has 4 aromatic rings. The van der Waals surface area contributed by atoms with E-state index in [4.69, 9.17) is 23.2 Å². The van der Waals surface area contributed by atoms with Crippen LogP contribution >= 0.6 is 45.8 Å². The molecule has 9 heteroatoms. The van der Waals surface area contributed by atoms with E-state index >= 15 is 0 Å². The number of halogens is 3. The molecule has 6 nitrogen and oxygen atoms in total. The van der Waals surface area contributed by atoms with Gasteiger partial charge in [-0.1, -0.05) is 23.2 Å². The number of rotatable bonds is 0. The smallest absolute Gasteiger partial charge is 0.131 e. The van der Waals surface area contributed by atoms with Gasteiger partial charge in [0, 0.05) is 29.9 Å². The van der Waals surface area contributed by atoms with Crippen LogP contribution in [0.3, 0.4) is 0 Å². The Bertz CT molecular complexity index is 903. The number of hydrogen-bond acceptors (Lipinski definition) is 4. The Hall–Kier alpha value is -1.45. The second kappa shape index (κ2) is 6.12. The van der Waals surface area contributed by atoms with E-state index in [0.717, 1.165) is 25.5 Å². The monoisotopic (exact) mass is 432 g/mol. The van der Waals surface area contributed by atoms with E-state index in [9.17, 15) is 0 Å². The Kier molecular flexibility index (Phi) is 4.22. The van der Waals surface area contributed by atoms with Gasteiger partial charge in [0.1, 0.15) is 14.0 Å². The number of fused-ring (bicyclic) bond motifs is 2. The predicted molar refractivity (Wildman–Crippen MR) is 90.5 cm³/mol. The second-order valence-electron chi connectivity index (χ2n) is 4.03. The molecule has 0 aliphatic rings. The zero-order chi connectivity index (χ0) is 14.8. The molecule has 2 N–H and O–H groups in total. The summed E-state index contributed by atoms with van der Waals surface area (Å²) in [4.78, 5) is 7.83. The standard InChI is InChI=1S/C6H3ClIN3.C6H4ClN3/c7-5-1-4-3(2-9-5)6(8)11-10-4;7-6-1-5-4(2-8-6)3-9-10-5/h1-2H,(H,10,11);1-3H,(H,9,10). The van der Waals surface area contributed by atoms with Crippen molar-refractivity contribution in [3.63, 3.8) is 0 Å². The molecule has 4 heterocycles. The van der Waals surface area contributed by atoms with Gasteiger partial charge in [-0.05, 0) is 22.6 Å². The maximum Gasteiger partial charge on any atom is 0.131 e. The molecule has 21 heavy (non-hydrogen) atoms. The van der Waals surface area contributed by atoms with Crippen LogP contribution in [0.5, 0.6) is 0 Å². The first-order valence-corrected chi connectivity index (χ1v) is 7.56. The summed E-state index contributed by atoms with van der Waals surface area (Å²) in [6, 6.07) is 3.47. The van der Waals surface area contributed by atoms with Crippen LogP contribution in [0.15, 0.2) is 30.7 Å². The first-order chi connectivity index (χ1) is 10.1. The lowest BCUT2D eigenvalue weighted by Crippen LogP contribution is -1.74. The van der Waals surface area contributed by atoms with Crippen LogP contribution < -0.4 is 0 Å². The summed E-state index contributed by atoms with van der Waals surface area (Å²) in [6.45, 7) is 0. The van der Waals surface area contributed by atoms with Crippen molar-refractivity contribution in [3.8, 4) is 0 Å². The molecule has 0 bridgehead atoms. The van der Waals surface area contributed by atoms with Gasteiger partial charge in [0.15, 0.2) is 0 Å². The minimum Gasteiger partial charge on any atom is -0.278 e. The molecule has 0 fully saturated rings. The molecule has 0 radical (unpaired) electrons. The Morgan fingerprint density at radius 1 is 0.952 bits per heavy atom. The molecular formula is C12H7Cl2IN6. The molecule has 0 spiro atoms. The fourth-order valence-corrected chi connectivity index (χ4v) is 2.51. The Morgan fingerprint density at radius 2 is 1.71 bits per heavy atom. The van der Waals surface area contributed by atoms with E-state index in [1.165, 1.54) is 0 Å². The van der Waals surface area contributed by atoms with E-state index in [2.05, 4.69) is 53.0 Å². The van der Waals surface area contributed by atoms with Crippen LogP contribution in [0.4, 0.5) is 0 Å². The third kappa shape index (κ3) is 3.25. The van der Waals surface area contributed by atoms with Gasteiger partial charge in [-0.25, -0.2) is 9.97 Å². The minimum absolute atomic E-state index is 0.473. The van der Waals surface area contributed by atoms with Crippen LogP contribution in [0, 0.1) is 3.70 Å². The van der Waals surface area contributed by atoms with E-state index in [1.54, 1.807) is 30.7 Å². The summed E-state index contributed by atoms with van der Waals surface area (Å²) in [6.07, 6.45) is 5.10. The van der Waals surface area contributed by atoms with Crippen molar-refractivity contribution < 1.29 is 0 Å². The van der Waals surface area contributed by atoms with Gasteiger partial charge >= 0.3 is 0 Å². The second-order valence-corrected chi connectivity index (χ2v) is 5.88. The predicted octanol–water partition coefficient (Wildman–Crippen LogP) is 3.83. The van der Waals surface area contributed by atoms with Crippen LogP contribution in [0.25, 0.3) is 21.8 Å². The molecule has 0 aliphatic heterocycles. The van der Waals surface area contributed by atoms with E-state index in [1.807, 2.05) is 0 Å². The normalized spacial score (nSPS) is 10.6. The zero-order valence-electron chi connectivity index (χ0n) is 10.3. The number of nitrogens with one attached hydrogen (secondary N) is 2. The Labute approximate surface area is 142 Å². The molecule has 0 amide bonds. The van der Waals surface area contributed by atoms with Crippen LogP contribution in [0.1, 0.15) is 0 Å². The summed E-state index contributed by atoms with van der Waals surface area (Å²) in [5.74, 6) is 0. The van der Waals surface area contributed by atoms with Crippen LogP contribution in [0.2, 0.25) is 10.3 Å². The third-order valence-corrected chi connectivity index (χ3v) is 3.89. The van der Waals surface area contributed by atoms with Crippen molar-refractivity contribution >= 4 is 67.6 Å². The highest BCUT2D eigenvalue weighted by molar-refractivity contribution is 14.1. The molecule has 0 atom stereocenters. The van der Waals surface area contributed by atoms with Gasteiger partial charge in [0.2, 0.25) is 0 Å². The Balaban J connectivity index is 0.000000126. The maximum atomic E-state index is 5.66. The van der Waals surface area contributed by atoms with Gasteiger partial charge in [0.05, 0.1) is 22.6 Å². The van der Waals surface area contributed by atoms with Gasteiger partial charge in [-0.3, -0.25) is 10.2 Å². The first-order valence-electron chi connectivity index (χ1n) is 5.73. The van der Waals surface area contributed by atoms with E-state index in [-0.39, 0.29) is 0 Å². The lowest BCUT2D eigenvalue weighted by molar-refractivity contribution is 1.09. The fraction of sp³-hybridized carbons (Fsp3) is 0. The minimum atomic E-state index is 0.473. The van der Waals surface area contributed by atoms with Crippen molar-refractivity contribution in [3.05, 3.63) is 44.7 Å². The van der Waals surface area contributed by atoms with Crippen molar-refractivity contribution in [2.24, 2.45) is 0 Å². The quantitative estimate of drug-likeness (QED) is 0.326. The van der Waals surface area contributed by atoms with E-state index in [0.29, 0.717) is 10.3 Å². The van der Waals surface area contributed by atoms with Crippen molar-refractivity contribution in [1.29, 1.82) is 0 Å². The highest BCUT2D eigenvalue weighted by Crippen LogP contribution is 2.18. The number of H-pyrrole nitrogens is 2. The summed E-state index contributed by atoms with van der Waals surface area (Å²) in [5.41, 5.74) is 1.77. The van der Waals surface area contributed by atoms with Crippen LogP contribution in [-0.2, 0) is 0 Å². The zero-order valence-corrected chi connectivity index (χ0v) is 14.0. The third-order valence-electron chi connectivity index (χ3n) is 2.65. The topological polar surface area (TPSA) is 83.1 Å². The molecule has 106 valence electrons. The number of hydrogen-bond donors (Lipinski definition) is 2. The van der Waals surface area contributed by atoms with Gasteiger partial charge in [0.25, 0.3) is 0 Å². The maximum absolute atomic E-state index is 5.66. The number of pyridine rings is 2. The average Bonchev–Trinajstić information content (AvgIpc) is 3.06. The summed E-state index contributed by atoms with van der Waals surface area (Å²) in [5, 5.41) is 16.4. The fourth-order valence-electron chi connectivity index (χ4n) is 1.66. The number of aromatic amines is 2. The lowest BCUT2D eigenvalue weighted by Gasteiger charge is -1.87. The highest BCUT2D eigenvalue weighted by atomic mass is 127. The molecule has 0 unspecified atom stereocenters. The molecule has 0 saturated carbocycles. The highest BCUT2D eigenvalue weighted by Gasteiger charge is 2.02. The largest absolute Gasteiger partial charge is 0.278 e. The SMILES string of the molecule is Clc1cc2[nH]ncc2cn1.Clc1cc2n[nH]c(I)c2cn1. The number of aromatic nitrogens is 6. The van der Waals surface area contributed by atoms with Crippen molar-refractivity contribution in [2.45, 2.75) is 0 Å².